The molecule has 0 aliphatic carbocycles. The molecule has 1 heterocycles. The highest BCUT2D eigenvalue weighted by atomic mass is 16.1. The van der Waals surface area contributed by atoms with Gasteiger partial charge in [0, 0.05) is 24.3 Å². The van der Waals surface area contributed by atoms with Crippen LogP contribution < -0.4 is 4.90 Å². The lowest BCUT2D eigenvalue weighted by Crippen LogP contribution is -2.25. The monoisotopic (exact) mass is 245 g/mol. The standard InChI is InChI=1S/C16H23NO/c1-13(2)14-7-5-10-17(11-9-14)16-8-4-3-6-15(16)12-18/h3-4,6,8,12-14H,5,7,9-11H2,1-2H3. The summed E-state index contributed by atoms with van der Waals surface area (Å²) < 4.78 is 0. The first kappa shape index (κ1) is 13.1. The summed E-state index contributed by atoms with van der Waals surface area (Å²) >= 11 is 0. The van der Waals surface area contributed by atoms with Gasteiger partial charge in [0.05, 0.1) is 0 Å². The fourth-order valence-corrected chi connectivity index (χ4v) is 2.90. The van der Waals surface area contributed by atoms with Crippen molar-refractivity contribution in [3.63, 3.8) is 0 Å². The van der Waals surface area contributed by atoms with Crippen molar-refractivity contribution in [1.82, 2.24) is 0 Å². The Labute approximate surface area is 110 Å². The molecular weight excluding hydrogens is 222 g/mol. The zero-order chi connectivity index (χ0) is 13.0. The van der Waals surface area contributed by atoms with Gasteiger partial charge in [0.2, 0.25) is 0 Å². The van der Waals surface area contributed by atoms with Crippen molar-refractivity contribution in [3.05, 3.63) is 29.8 Å². The van der Waals surface area contributed by atoms with Gasteiger partial charge in [-0.2, -0.15) is 0 Å². The van der Waals surface area contributed by atoms with E-state index < -0.39 is 0 Å². The SMILES string of the molecule is CC(C)C1CCCN(c2ccccc2C=O)CC1. The Morgan fingerprint density at radius 3 is 2.72 bits per heavy atom. The van der Waals surface area contributed by atoms with Gasteiger partial charge in [0.15, 0.2) is 6.29 Å². The van der Waals surface area contributed by atoms with E-state index in [0.29, 0.717) is 0 Å². The first-order valence-electron chi connectivity index (χ1n) is 7.01. The Hall–Kier alpha value is -1.31. The van der Waals surface area contributed by atoms with E-state index in [4.69, 9.17) is 0 Å². The first-order valence-corrected chi connectivity index (χ1v) is 7.01. The molecule has 1 aromatic carbocycles. The number of rotatable bonds is 3. The number of para-hydroxylation sites is 1. The zero-order valence-corrected chi connectivity index (χ0v) is 11.4. The number of hydrogen-bond acceptors (Lipinski definition) is 2. The van der Waals surface area contributed by atoms with Crippen molar-refractivity contribution < 1.29 is 4.79 Å². The Morgan fingerprint density at radius 2 is 2.00 bits per heavy atom. The molecule has 1 aliphatic heterocycles. The number of hydrogen-bond donors (Lipinski definition) is 0. The Kier molecular flexibility index (Phi) is 4.40. The van der Waals surface area contributed by atoms with Crippen LogP contribution in [0, 0.1) is 11.8 Å². The van der Waals surface area contributed by atoms with Crippen molar-refractivity contribution in [2.75, 3.05) is 18.0 Å². The molecule has 18 heavy (non-hydrogen) atoms. The van der Waals surface area contributed by atoms with E-state index >= 15 is 0 Å². The molecule has 0 saturated carbocycles. The second-order valence-electron chi connectivity index (χ2n) is 5.60. The summed E-state index contributed by atoms with van der Waals surface area (Å²) in [5.74, 6) is 1.60. The Bertz CT molecular complexity index is 400. The predicted octanol–water partition coefficient (Wildman–Crippen LogP) is 3.76. The summed E-state index contributed by atoms with van der Waals surface area (Å²) in [6, 6.07) is 7.93. The van der Waals surface area contributed by atoms with E-state index in [2.05, 4.69) is 24.8 Å². The molecule has 2 rings (SSSR count). The van der Waals surface area contributed by atoms with E-state index in [9.17, 15) is 4.79 Å². The lowest BCUT2D eigenvalue weighted by Gasteiger charge is -2.24. The van der Waals surface area contributed by atoms with Crippen LogP contribution in [0.1, 0.15) is 43.5 Å². The van der Waals surface area contributed by atoms with Gasteiger partial charge in [-0.25, -0.2) is 0 Å². The van der Waals surface area contributed by atoms with Crippen LogP contribution in [0.15, 0.2) is 24.3 Å². The van der Waals surface area contributed by atoms with Crippen molar-refractivity contribution in [3.8, 4) is 0 Å². The molecule has 2 nitrogen and oxygen atoms in total. The summed E-state index contributed by atoms with van der Waals surface area (Å²) in [6.07, 6.45) is 4.76. The maximum absolute atomic E-state index is 11.1. The van der Waals surface area contributed by atoms with E-state index in [1.54, 1.807) is 0 Å². The van der Waals surface area contributed by atoms with Crippen LogP contribution in [0.25, 0.3) is 0 Å². The van der Waals surface area contributed by atoms with Gasteiger partial charge < -0.3 is 4.90 Å². The average molecular weight is 245 g/mol. The van der Waals surface area contributed by atoms with Crippen molar-refractivity contribution in [2.45, 2.75) is 33.1 Å². The van der Waals surface area contributed by atoms with Gasteiger partial charge in [0.25, 0.3) is 0 Å². The lowest BCUT2D eigenvalue weighted by atomic mass is 9.89. The zero-order valence-electron chi connectivity index (χ0n) is 11.4. The fourth-order valence-electron chi connectivity index (χ4n) is 2.90. The van der Waals surface area contributed by atoms with E-state index in [1.807, 2.05) is 18.2 Å². The van der Waals surface area contributed by atoms with E-state index in [-0.39, 0.29) is 0 Å². The maximum Gasteiger partial charge on any atom is 0.152 e. The maximum atomic E-state index is 11.1. The molecule has 0 spiro atoms. The highest BCUT2D eigenvalue weighted by Crippen LogP contribution is 2.28. The van der Waals surface area contributed by atoms with E-state index in [0.717, 1.165) is 42.5 Å². The molecule has 0 bridgehead atoms. The van der Waals surface area contributed by atoms with Gasteiger partial charge in [-0.05, 0) is 43.2 Å². The smallest absolute Gasteiger partial charge is 0.152 e. The van der Waals surface area contributed by atoms with Gasteiger partial charge in [-0.1, -0.05) is 26.0 Å². The summed E-state index contributed by atoms with van der Waals surface area (Å²) in [7, 11) is 0. The minimum atomic E-state index is 0.770. The van der Waals surface area contributed by atoms with E-state index in [1.165, 1.54) is 19.3 Å². The van der Waals surface area contributed by atoms with Crippen molar-refractivity contribution in [2.24, 2.45) is 11.8 Å². The summed E-state index contributed by atoms with van der Waals surface area (Å²) in [6.45, 7) is 6.79. The molecule has 0 N–H and O–H groups in total. The Balaban J connectivity index is 2.12. The van der Waals surface area contributed by atoms with Crippen LogP contribution >= 0.6 is 0 Å². The van der Waals surface area contributed by atoms with Gasteiger partial charge in [-0.15, -0.1) is 0 Å². The number of benzene rings is 1. The Morgan fingerprint density at radius 1 is 1.22 bits per heavy atom. The normalized spacial score (nSPS) is 20.8. The van der Waals surface area contributed by atoms with Crippen LogP contribution in [0.3, 0.4) is 0 Å². The van der Waals surface area contributed by atoms with Crippen molar-refractivity contribution >= 4 is 12.0 Å². The van der Waals surface area contributed by atoms with Gasteiger partial charge in [0.1, 0.15) is 0 Å². The van der Waals surface area contributed by atoms with Crippen LogP contribution in [0.4, 0.5) is 5.69 Å². The highest BCUT2D eigenvalue weighted by molar-refractivity contribution is 5.84. The minimum absolute atomic E-state index is 0.770. The number of nitrogens with zero attached hydrogens (tertiary/aromatic N) is 1. The van der Waals surface area contributed by atoms with Gasteiger partial charge in [-0.3, -0.25) is 4.79 Å². The number of aldehydes is 1. The highest BCUT2D eigenvalue weighted by Gasteiger charge is 2.20. The molecule has 1 aromatic rings. The van der Waals surface area contributed by atoms with Gasteiger partial charge >= 0.3 is 0 Å². The minimum Gasteiger partial charge on any atom is -0.371 e. The first-order chi connectivity index (χ1) is 8.72. The molecule has 1 saturated heterocycles. The molecule has 1 atom stereocenters. The molecule has 1 unspecified atom stereocenters. The lowest BCUT2D eigenvalue weighted by molar-refractivity contribution is 0.112. The third-order valence-corrected chi connectivity index (χ3v) is 4.12. The molecule has 0 aromatic heterocycles. The molecule has 1 fully saturated rings. The molecule has 2 heteroatoms. The topological polar surface area (TPSA) is 20.3 Å². The number of carbonyl (C=O) groups excluding carboxylic acids is 1. The summed E-state index contributed by atoms with van der Waals surface area (Å²) in [5, 5.41) is 0. The van der Waals surface area contributed by atoms with Crippen LogP contribution in [-0.4, -0.2) is 19.4 Å². The molecule has 0 radical (unpaired) electrons. The number of carbonyl (C=O) groups is 1. The molecule has 0 amide bonds. The largest absolute Gasteiger partial charge is 0.371 e. The van der Waals surface area contributed by atoms with Crippen molar-refractivity contribution in [1.29, 1.82) is 0 Å². The van der Waals surface area contributed by atoms with Crippen LogP contribution in [-0.2, 0) is 0 Å². The fraction of sp³-hybridized carbons (Fsp3) is 0.562. The molecular formula is C16H23NO. The average Bonchev–Trinajstić information content (AvgIpc) is 2.64. The summed E-state index contributed by atoms with van der Waals surface area (Å²) in [5.41, 5.74) is 1.93. The second-order valence-corrected chi connectivity index (χ2v) is 5.60. The molecule has 98 valence electrons. The summed E-state index contributed by atoms with van der Waals surface area (Å²) in [4.78, 5) is 13.5. The third kappa shape index (κ3) is 2.92. The second kappa shape index (κ2) is 6.03. The predicted molar refractivity (Wildman–Crippen MR) is 76.2 cm³/mol. The number of anilines is 1. The molecule has 1 aliphatic rings. The third-order valence-electron chi connectivity index (χ3n) is 4.12. The van der Waals surface area contributed by atoms with Crippen LogP contribution in [0.5, 0.6) is 0 Å². The van der Waals surface area contributed by atoms with Crippen LogP contribution in [0.2, 0.25) is 0 Å². The quantitative estimate of drug-likeness (QED) is 0.756.